The van der Waals surface area contributed by atoms with Crippen LogP contribution in [-0.4, -0.2) is 15.9 Å². The zero-order valence-corrected chi connectivity index (χ0v) is 14.3. The summed E-state index contributed by atoms with van der Waals surface area (Å²) in [4.78, 5) is 21.4. The Morgan fingerprint density at radius 2 is 1.77 bits per heavy atom. The van der Waals surface area contributed by atoms with Crippen LogP contribution in [0.4, 0.5) is 5.69 Å². The lowest BCUT2D eigenvalue weighted by molar-refractivity contribution is 0.102. The molecule has 1 N–H and O–H groups in total. The fourth-order valence-corrected chi connectivity index (χ4v) is 2.90. The number of aryl methyl sites for hydroxylation is 1. The molecular weight excluding hydrogens is 322 g/mol. The zero-order chi connectivity index (χ0) is 17.9. The number of fused-ring (bicyclic) bond motifs is 1. The van der Waals surface area contributed by atoms with Gasteiger partial charge in [0.1, 0.15) is 0 Å². The Balaban J connectivity index is 1.59. The number of rotatable bonds is 3. The summed E-state index contributed by atoms with van der Waals surface area (Å²) in [5, 5.41) is 3.97. The molecule has 4 nitrogen and oxygen atoms in total. The van der Waals surface area contributed by atoms with E-state index in [1.807, 2.05) is 73.7 Å². The van der Waals surface area contributed by atoms with Crippen LogP contribution in [0.3, 0.4) is 0 Å². The number of amides is 1. The van der Waals surface area contributed by atoms with Crippen molar-refractivity contribution in [1.29, 1.82) is 0 Å². The summed E-state index contributed by atoms with van der Waals surface area (Å²) in [5.41, 5.74) is 4.89. The second kappa shape index (κ2) is 6.76. The molecule has 0 aliphatic rings. The van der Waals surface area contributed by atoms with Crippen molar-refractivity contribution in [3.63, 3.8) is 0 Å². The van der Waals surface area contributed by atoms with Gasteiger partial charge in [0.15, 0.2) is 0 Å². The van der Waals surface area contributed by atoms with Crippen molar-refractivity contribution >= 4 is 22.5 Å². The van der Waals surface area contributed by atoms with Gasteiger partial charge in [-0.15, -0.1) is 0 Å². The highest BCUT2D eigenvalue weighted by atomic mass is 16.1. The SMILES string of the molecule is Cc1cc(-c2ccccc2)ncc1C(=O)Nc1ccc2cccnc2c1. The maximum atomic E-state index is 12.6. The van der Waals surface area contributed by atoms with Gasteiger partial charge in [-0.1, -0.05) is 42.5 Å². The molecule has 0 atom stereocenters. The van der Waals surface area contributed by atoms with Crippen LogP contribution < -0.4 is 5.32 Å². The number of aromatic nitrogens is 2. The number of benzene rings is 2. The highest BCUT2D eigenvalue weighted by Gasteiger charge is 2.12. The first kappa shape index (κ1) is 16.0. The van der Waals surface area contributed by atoms with Gasteiger partial charge in [-0.3, -0.25) is 14.8 Å². The van der Waals surface area contributed by atoms with E-state index in [0.29, 0.717) is 11.3 Å². The summed E-state index contributed by atoms with van der Waals surface area (Å²) in [6, 6.07) is 21.4. The molecule has 4 aromatic rings. The smallest absolute Gasteiger partial charge is 0.257 e. The van der Waals surface area contributed by atoms with Crippen molar-refractivity contribution in [3.05, 3.63) is 90.3 Å². The van der Waals surface area contributed by atoms with Crippen molar-refractivity contribution in [2.45, 2.75) is 6.92 Å². The van der Waals surface area contributed by atoms with Crippen molar-refractivity contribution in [3.8, 4) is 11.3 Å². The quantitative estimate of drug-likeness (QED) is 0.580. The lowest BCUT2D eigenvalue weighted by atomic mass is 10.1. The molecule has 2 aromatic carbocycles. The first-order chi connectivity index (χ1) is 12.7. The van der Waals surface area contributed by atoms with E-state index < -0.39 is 0 Å². The van der Waals surface area contributed by atoms with E-state index in [1.54, 1.807) is 12.4 Å². The normalized spacial score (nSPS) is 10.7. The molecule has 0 saturated heterocycles. The van der Waals surface area contributed by atoms with Gasteiger partial charge in [-0.25, -0.2) is 0 Å². The molecule has 0 saturated carbocycles. The Morgan fingerprint density at radius 3 is 2.58 bits per heavy atom. The molecule has 26 heavy (non-hydrogen) atoms. The second-order valence-corrected chi connectivity index (χ2v) is 6.12. The van der Waals surface area contributed by atoms with E-state index in [-0.39, 0.29) is 5.91 Å². The summed E-state index contributed by atoms with van der Waals surface area (Å²) in [5.74, 6) is -0.176. The molecule has 0 radical (unpaired) electrons. The van der Waals surface area contributed by atoms with Crippen LogP contribution in [0.25, 0.3) is 22.2 Å². The Labute approximate surface area is 151 Å². The van der Waals surface area contributed by atoms with Crippen molar-refractivity contribution < 1.29 is 4.79 Å². The molecule has 4 heteroatoms. The van der Waals surface area contributed by atoms with Crippen LogP contribution in [0.5, 0.6) is 0 Å². The molecule has 126 valence electrons. The zero-order valence-electron chi connectivity index (χ0n) is 14.3. The number of anilines is 1. The molecular formula is C22H17N3O. The van der Waals surface area contributed by atoms with E-state index in [0.717, 1.165) is 27.7 Å². The largest absolute Gasteiger partial charge is 0.322 e. The van der Waals surface area contributed by atoms with E-state index in [1.165, 1.54) is 0 Å². The topological polar surface area (TPSA) is 54.9 Å². The number of hydrogen-bond donors (Lipinski definition) is 1. The number of pyridine rings is 2. The van der Waals surface area contributed by atoms with Gasteiger partial charge in [0, 0.05) is 29.0 Å². The first-order valence-electron chi connectivity index (χ1n) is 8.39. The number of nitrogens with one attached hydrogen (secondary N) is 1. The van der Waals surface area contributed by atoms with Crippen LogP contribution in [0.15, 0.2) is 79.1 Å². The van der Waals surface area contributed by atoms with Crippen LogP contribution in [0.2, 0.25) is 0 Å². The fraction of sp³-hybridized carbons (Fsp3) is 0.0455. The van der Waals surface area contributed by atoms with Gasteiger partial charge in [-0.2, -0.15) is 0 Å². The molecule has 0 bridgehead atoms. The summed E-state index contributed by atoms with van der Waals surface area (Å²) in [7, 11) is 0. The second-order valence-electron chi connectivity index (χ2n) is 6.12. The Hall–Kier alpha value is -3.53. The standard InChI is InChI=1S/C22H17N3O/c1-15-12-20(16-6-3-2-4-7-16)24-14-19(15)22(26)25-18-10-9-17-8-5-11-23-21(17)13-18/h2-14H,1H3,(H,25,26). The molecule has 4 rings (SSSR count). The van der Waals surface area contributed by atoms with Gasteiger partial charge in [0.25, 0.3) is 5.91 Å². The molecule has 0 aliphatic carbocycles. The van der Waals surface area contributed by atoms with Crippen molar-refractivity contribution in [1.82, 2.24) is 9.97 Å². The minimum atomic E-state index is -0.176. The lowest BCUT2D eigenvalue weighted by Gasteiger charge is -2.10. The number of nitrogens with zero attached hydrogens (tertiary/aromatic N) is 2. The predicted molar refractivity (Wildman–Crippen MR) is 104 cm³/mol. The van der Waals surface area contributed by atoms with Crippen molar-refractivity contribution in [2.75, 3.05) is 5.32 Å². The predicted octanol–water partition coefficient (Wildman–Crippen LogP) is 4.86. The highest BCUT2D eigenvalue weighted by molar-refractivity contribution is 6.06. The van der Waals surface area contributed by atoms with Gasteiger partial charge in [0.05, 0.1) is 16.8 Å². The minimum absolute atomic E-state index is 0.176. The highest BCUT2D eigenvalue weighted by Crippen LogP contribution is 2.21. The number of carbonyl (C=O) groups excluding carboxylic acids is 1. The number of hydrogen-bond acceptors (Lipinski definition) is 3. The average molecular weight is 339 g/mol. The maximum absolute atomic E-state index is 12.6. The average Bonchev–Trinajstić information content (AvgIpc) is 2.68. The summed E-state index contributed by atoms with van der Waals surface area (Å²) in [6.07, 6.45) is 3.37. The van der Waals surface area contributed by atoms with Crippen LogP contribution in [-0.2, 0) is 0 Å². The van der Waals surface area contributed by atoms with Gasteiger partial charge >= 0.3 is 0 Å². The molecule has 2 aromatic heterocycles. The first-order valence-corrected chi connectivity index (χ1v) is 8.39. The summed E-state index contributed by atoms with van der Waals surface area (Å²) < 4.78 is 0. The minimum Gasteiger partial charge on any atom is -0.322 e. The molecule has 0 fully saturated rings. The third-order valence-electron chi connectivity index (χ3n) is 4.29. The fourth-order valence-electron chi connectivity index (χ4n) is 2.90. The van der Waals surface area contributed by atoms with E-state index in [9.17, 15) is 4.79 Å². The lowest BCUT2D eigenvalue weighted by Crippen LogP contribution is -2.14. The third-order valence-corrected chi connectivity index (χ3v) is 4.29. The van der Waals surface area contributed by atoms with E-state index in [4.69, 9.17) is 0 Å². The van der Waals surface area contributed by atoms with Crippen LogP contribution in [0, 0.1) is 6.92 Å². The van der Waals surface area contributed by atoms with Crippen LogP contribution in [0.1, 0.15) is 15.9 Å². The Kier molecular flexibility index (Phi) is 4.15. The molecule has 0 spiro atoms. The molecule has 0 unspecified atom stereocenters. The maximum Gasteiger partial charge on any atom is 0.257 e. The Morgan fingerprint density at radius 1 is 0.923 bits per heavy atom. The Bertz CT molecular complexity index is 1090. The van der Waals surface area contributed by atoms with Crippen LogP contribution >= 0.6 is 0 Å². The van der Waals surface area contributed by atoms with E-state index >= 15 is 0 Å². The van der Waals surface area contributed by atoms with Crippen molar-refractivity contribution in [2.24, 2.45) is 0 Å². The van der Waals surface area contributed by atoms with Gasteiger partial charge < -0.3 is 5.32 Å². The summed E-state index contributed by atoms with van der Waals surface area (Å²) >= 11 is 0. The van der Waals surface area contributed by atoms with E-state index in [2.05, 4.69) is 15.3 Å². The molecule has 0 aliphatic heterocycles. The monoisotopic (exact) mass is 339 g/mol. The molecule has 2 heterocycles. The molecule has 1 amide bonds. The van der Waals surface area contributed by atoms with Gasteiger partial charge in [-0.05, 0) is 36.8 Å². The third kappa shape index (κ3) is 3.17. The van der Waals surface area contributed by atoms with Gasteiger partial charge in [0.2, 0.25) is 0 Å². The number of carbonyl (C=O) groups is 1. The summed E-state index contributed by atoms with van der Waals surface area (Å²) in [6.45, 7) is 1.92.